The van der Waals surface area contributed by atoms with Crippen LogP contribution in [0.1, 0.15) is 12.8 Å². The van der Waals surface area contributed by atoms with Gasteiger partial charge >= 0.3 is 0 Å². The lowest BCUT2D eigenvalue weighted by molar-refractivity contribution is 0.199. The first-order valence-corrected chi connectivity index (χ1v) is 7.26. The number of rotatable bonds is 5. The number of likely N-dealkylation sites (tertiary alicyclic amines) is 1. The highest BCUT2D eigenvalue weighted by atomic mass is 35.5. The average Bonchev–Trinajstić information content (AvgIpc) is 2.38. The van der Waals surface area contributed by atoms with Gasteiger partial charge in [0.2, 0.25) is 0 Å². The van der Waals surface area contributed by atoms with Gasteiger partial charge in [-0.1, -0.05) is 11.6 Å². The van der Waals surface area contributed by atoms with Crippen molar-refractivity contribution in [3.63, 3.8) is 0 Å². The van der Waals surface area contributed by atoms with Crippen molar-refractivity contribution in [2.45, 2.75) is 18.9 Å². The Balaban J connectivity index is 1.74. The molecule has 4 nitrogen and oxygen atoms in total. The molecule has 1 N–H and O–H groups in total. The van der Waals surface area contributed by atoms with E-state index >= 15 is 0 Å². The normalized spacial score (nSPS) is 17.9. The van der Waals surface area contributed by atoms with Gasteiger partial charge in [0.25, 0.3) is 0 Å². The van der Waals surface area contributed by atoms with Crippen molar-refractivity contribution >= 4 is 17.3 Å². The third-order valence-electron chi connectivity index (χ3n) is 3.55. The number of hydrogen-bond donors (Lipinski definition) is 1. The highest BCUT2D eigenvalue weighted by Crippen LogP contribution is 2.18. The maximum absolute atomic E-state index is 5.89. The fraction of sp³-hybridized carbons (Fsp3) is 0.643. The van der Waals surface area contributed by atoms with Crippen molar-refractivity contribution < 1.29 is 0 Å². The highest BCUT2D eigenvalue weighted by Gasteiger charge is 2.18. The number of halogens is 1. The predicted molar refractivity (Wildman–Crippen MR) is 80.9 cm³/mol. The van der Waals surface area contributed by atoms with E-state index < -0.39 is 0 Å². The molecule has 1 aliphatic heterocycles. The number of aromatic nitrogens is 1. The number of pyridine rings is 1. The summed E-state index contributed by atoms with van der Waals surface area (Å²) >= 11 is 5.89. The van der Waals surface area contributed by atoms with Crippen LogP contribution >= 0.6 is 11.6 Å². The van der Waals surface area contributed by atoms with Crippen molar-refractivity contribution in [2.75, 3.05) is 45.6 Å². The van der Waals surface area contributed by atoms with Crippen LogP contribution in [0.3, 0.4) is 0 Å². The maximum Gasteiger partial charge on any atom is 0.131 e. The van der Waals surface area contributed by atoms with Crippen LogP contribution in [-0.4, -0.2) is 61.1 Å². The third kappa shape index (κ3) is 4.97. The summed E-state index contributed by atoms with van der Waals surface area (Å²) in [5.74, 6) is 0. The maximum atomic E-state index is 5.89. The predicted octanol–water partition coefficient (Wildman–Crippen LogP) is 2.17. The Hall–Kier alpha value is -0.840. The monoisotopic (exact) mass is 282 g/mol. The van der Waals surface area contributed by atoms with Gasteiger partial charge in [-0.3, -0.25) is 0 Å². The van der Waals surface area contributed by atoms with Gasteiger partial charge in [0.1, 0.15) is 5.15 Å². The molecule has 0 spiro atoms. The van der Waals surface area contributed by atoms with Gasteiger partial charge in [-0.15, -0.1) is 0 Å². The SMILES string of the molecule is CN(C)CCN1CCC(Nc2ccnc(Cl)c2)CC1. The van der Waals surface area contributed by atoms with Gasteiger partial charge in [0.05, 0.1) is 0 Å². The molecule has 0 amide bonds. The molecule has 1 saturated heterocycles. The zero-order valence-electron chi connectivity index (χ0n) is 11.8. The topological polar surface area (TPSA) is 31.4 Å². The largest absolute Gasteiger partial charge is 0.382 e. The highest BCUT2D eigenvalue weighted by molar-refractivity contribution is 6.29. The molecule has 2 rings (SSSR count). The Morgan fingerprint density at radius 1 is 1.42 bits per heavy atom. The molecule has 2 heterocycles. The number of piperidine rings is 1. The molecule has 0 aliphatic carbocycles. The third-order valence-corrected chi connectivity index (χ3v) is 3.76. The molecule has 1 aromatic heterocycles. The first-order valence-electron chi connectivity index (χ1n) is 6.88. The smallest absolute Gasteiger partial charge is 0.131 e. The van der Waals surface area contributed by atoms with Gasteiger partial charge in [0, 0.05) is 44.1 Å². The molecule has 5 heteroatoms. The minimum absolute atomic E-state index is 0.549. The van der Waals surface area contributed by atoms with Crippen LogP contribution < -0.4 is 5.32 Å². The summed E-state index contributed by atoms with van der Waals surface area (Å²) in [5, 5.41) is 4.10. The van der Waals surface area contributed by atoms with E-state index in [1.54, 1.807) is 6.20 Å². The van der Waals surface area contributed by atoms with Crippen molar-refractivity contribution in [2.24, 2.45) is 0 Å². The Bertz CT molecular complexity index is 389. The van der Waals surface area contributed by atoms with Gasteiger partial charge < -0.3 is 15.1 Å². The van der Waals surface area contributed by atoms with Crippen molar-refractivity contribution in [1.82, 2.24) is 14.8 Å². The van der Waals surface area contributed by atoms with Crippen molar-refractivity contribution in [1.29, 1.82) is 0 Å². The van der Waals surface area contributed by atoms with E-state index in [0.29, 0.717) is 11.2 Å². The summed E-state index contributed by atoms with van der Waals surface area (Å²) in [7, 11) is 4.25. The Kier molecular flexibility index (Phi) is 5.43. The molecule has 0 aromatic carbocycles. The summed E-state index contributed by atoms with van der Waals surface area (Å²) in [4.78, 5) is 8.78. The molecule has 0 atom stereocenters. The second kappa shape index (κ2) is 7.08. The molecule has 0 saturated carbocycles. The minimum Gasteiger partial charge on any atom is -0.382 e. The summed E-state index contributed by atoms with van der Waals surface area (Å²) in [5.41, 5.74) is 1.08. The van der Waals surface area contributed by atoms with E-state index in [1.807, 2.05) is 12.1 Å². The van der Waals surface area contributed by atoms with Crippen LogP contribution in [0.4, 0.5) is 5.69 Å². The number of nitrogens with one attached hydrogen (secondary N) is 1. The zero-order chi connectivity index (χ0) is 13.7. The molecule has 1 aromatic rings. The van der Waals surface area contributed by atoms with E-state index in [4.69, 9.17) is 11.6 Å². The molecule has 19 heavy (non-hydrogen) atoms. The second-order valence-corrected chi connectivity index (χ2v) is 5.82. The summed E-state index contributed by atoms with van der Waals surface area (Å²) in [6.07, 6.45) is 4.12. The fourth-order valence-electron chi connectivity index (χ4n) is 2.37. The minimum atomic E-state index is 0.549. The summed E-state index contributed by atoms with van der Waals surface area (Å²) in [6, 6.07) is 4.42. The molecule has 0 bridgehead atoms. The lowest BCUT2D eigenvalue weighted by atomic mass is 10.0. The summed E-state index contributed by atoms with van der Waals surface area (Å²) < 4.78 is 0. The zero-order valence-corrected chi connectivity index (χ0v) is 12.5. The molecule has 106 valence electrons. The van der Waals surface area contributed by atoms with Gasteiger partial charge in [0.15, 0.2) is 0 Å². The van der Waals surface area contributed by atoms with E-state index in [0.717, 1.165) is 12.2 Å². The van der Waals surface area contributed by atoms with E-state index in [-0.39, 0.29) is 0 Å². The first kappa shape index (κ1) is 14.6. The molecular weight excluding hydrogens is 260 g/mol. The Morgan fingerprint density at radius 2 is 2.16 bits per heavy atom. The van der Waals surface area contributed by atoms with E-state index in [9.17, 15) is 0 Å². The standard InChI is InChI=1S/C14H23ClN4/c1-18(2)9-10-19-7-4-12(5-8-19)17-13-3-6-16-14(15)11-13/h3,6,11-12H,4-5,7-10H2,1-2H3,(H,16,17). The number of nitrogens with zero attached hydrogens (tertiary/aromatic N) is 3. The molecule has 0 radical (unpaired) electrons. The van der Waals surface area contributed by atoms with Crippen LogP contribution in [0, 0.1) is 0 Å². The molecule has 1 aliphatic rings. The van der Waals surface area contributed by atoms with Crippen molar-refractivity contribution in [3.8, 4) is 0 Å². The van der Waals surface area contributed by atoms with Gasteiger partial charge in [-0.05, 0) is 39.1 Å². The average molecular weight is 283 g/mol. The van der Waals surface area contributed by atoms with Crippen LogP contribution in [0.15, 0.2) is 18.3 Å². The van der Waals surface area contributed by atoms with Crippen LogP contribution in [0.2, 0.25) is 5.15 Å². The molecular formula is C14H23ClN4. The number of likely N-dealkylation sites (N-methyl/N-ethyl adjacent to an activating group) is 1. The van der Waals surface area contributed by atoms with Crippen LogP contribution in [-0.2, 0) is 0 Å². The number of anilines is 1. The van der Waals surface area contributed by atoms with Crippen LogP contribution in [0.5, 0.6) is 0 Å². The molecule has 0 unspecified atom stereocenters. The Labute approximate surface area is 120 Å². The van der Waals surface area contributed by atoms with Crippen molar-refractivity contribution in [3.05, 3.63) is 23.5 Å². The van der Waals surface area contributed by atoms with E-state index in [2.05, 4.69) is 34.2 Å². The summed E-state index contributed by atoms with van der Waals surface area (Å²) in [6.45, 7) is 4.65. The lowest BCUT2D eigenvalue weighted by Crippen LogP contribution is -2.41. The molecule has 1 fully saturated rings. The van der Waals surface area contributed by atoms with Gasteiger partial charge in [-0.25, -0.2) is 4.98 Å². The number of hydrogen-bond acceptors (Lipinski definition) is 4. The lowest BCUT2D eigenvalue weighted by Gasteiger charge is -2.33. The Morgan fingerprint density at radius 3 is 2.79 bits per heavy atom. The fourth-order valence-corrected chi connectivity index (χ4v) is 2.54. The quantitative estimate of drug-likeness (QED) is 0.839. The van der Waals surface area contributed by atoms with Gasteiger partial charge in [-0.2, -0.15) is 0 Å². The van der Waals surface area contributed by atoms with E-state index in [1.165, 1.54) is 32.5 Å². The van der Waals surface area contributed by atoms with Crippen LogP contribution in [0.25, 0.3) is 0 Å². The first-order chi connectivity index (χ1) is 9.13. The second-order valence-electron chi connectivity index (χ2n) is 5.43.